The van der Waals surface area contributed by atoms with Crippen LogP contribution in [0.1, 0.15) is 56.0 Å². The molecule has 174 valence electrons. The van der Waals surface area contributed by atoms with Gasteiger partial charge in [0.25, 0.3) is 11.7 Å². The van der Waals surface area contributed by atoms with Gasteiger partial charge in [0.15, 0.2) is 0 Å². The summed E-state index contributed by atoms with van der Waals surface area (Å²) in [4.78, 5) is 27.7. The van der Waals surface area contributed by atoms with Crippen LogP contribution in [0, 0.1) is 0 Å². The zero-order valence-electron chi connectivity index (χ0n) is 19.6. The van der Waals surface area contributed by atoms with Crippen molar-refractivity contribution in [2.24, 2.45) is 0 Å². The fourth-order valence-corrected chi connectivity index (χ4v) is 4.50. The van der Waals surface area contributed by atoms with E-state index in [1.54, 1.807) is 6.07 Å². The van der Waals surface area contributed by atoms with Crippen LogP contribution in [0.3, 0.4) is 0 Å². The average Bonchev–Trinajstić information content (AvgIpc) is 3.29. The van der Waals surface area contributed by atoms with Crippen molar-refractivity contribution in [2.45, 2.75) is 58.8 Å². The molecule has 6 heteroatoms. The Bertz CT molecular complexity index is 1090. The molecule has 2 aliphatic heterocycles. The number of Topliss-reactive ketones (excluding diaryl/α,β-unsaturated/α-hetero) is 1. The van der Waals surface area contributed by atoms with Gasteiger partial charge in [-0.15, -0.1) is 0 Å². The lowest BCUT2D eigenvalue weighted by atomic mass is 9.93. The second-order valence-corrected chi connectivity index (χ2v) is 8.96. The van der Waals surface area contributed by atoms with Crippen molar-refractivity contribution in [3.05, 3.63) is 70.3 Å². The molecule has 0 saturated carbocycles. The van der Waals surface area contributed by atoms with Crippen molar-refractivity contribution in [1.29, 1.82) is 0 Å². The van der Waals surface area contributed by atoms with Crippen molar-refractivity contribution >= 4 is 17.4 Å². The number of hydrogen-bond donors (Lipinski definition) is 1. The van der Waals surface area contributed by atoms with E-state index in [1.165, 1.54) is 4.90 Å². The zero-order chi connectivity index (χ0) is 23.7. The number of rotatable bonds is 7. The number of ketones is 1. The van der Waals surface area contributed by atoms with E-state index < -0.39 is 17.7 Å². The summed E-state index contributed by atoms with van der Waals surface area (Å²) >= 11 is 0. The third kappa shape index (κ3) is 4.53. The number of hydrogen-bond acceptors (Lipinski definition) is 5. The Hall–Kier alpha value is -3.12. The average molecular weight is 450 g/mol. The van der Waals surface area contributed by atoms with Gasteiger partial charge in [0, 0.05) is 18.5 Å². The van der Waals surface area contributed by atoms with Crippen LogP contribution in [0.4, 0.5) is 0 Å². The number of aliphatic hydroxyl groups is 1. The van der Waals surface area contributed by atoms with Crippen LogP contribution in [0.15, 0.2) is 48.0 Å². The largest absolute Gasteiger partial charge is 0.507 e. The molecule has 1 fully saturated rings. The van der Waals surface area contributed by atoms with E-state index >= 15 is 0 Å². The molecule has 6 nitrogen and oxygen atoms in total. The number of amides is 1. The van der Waals surface area contributed by atoms with E-state index in [-0.39, 0.29) is 30.1 Å². The fourth-order valence-electron chi connectivity index (χ4n) is 4.50. The highest BCUT2D eigenvalue weighted by atomic mass is 16.5. The zero-order valence-corrected chi connectivity index (χ0v) is 19.6. The van der Waals surface area contributed by atoms with Crippen LogP contribution >= 0.6 is 0 Å². The van der Waals surface area contributed by atoms with Crippen molar-refractivity contribution in [1.82, 2.24) is 4.90 Å². The van der Waals surface area contributed by atoms with E-state index in [2.05, 4.69) is 6.92 Å². The third-order valence-electron chi connectivity index (χ3n) is 6.20. The topological polar surface area (TPSA) is 76.1 Å². The minimum Gasteiger partial charge on any atom is -0.507 e. The number of likely N-dealkylation sites (tertiary alicyclic amines) is 1. The summed E-state index contributed by atoms with van der Waals surface area (Å²) in [5.74, 6) is -0.664. The number of aryl methyl sites for hydroxylation is 1. The highest BCUT2D eigenvalue weighted by molar-refractivity contribution is 6.46. The number of carbonyl (C=O) groups is 2. The van der Waals surface area contributed by atoms with E-state index in [0.29, 0.717) is 12.2 Å². The van der Waals surface area contributed by atoms with Crippen LogP contribution in [-0.2, 0) is 27.2 Å². The minimum absolute atomic E-state index is 0.0140. The molecule has 1 N–H and O–H groups in total. The van der Waals surface area contributed by atoms with Gasteiger partial charge in [0.1, 0.15) is 17.6 Å². The summed E-state index contributed by atoms with van der Waals surface area (Å²) in [5.41, 5.74) is 3.55. The number of ether oxygens (including phenoxy) is 2. The summed E-state index contributed by atoms with van der Waals surface area (Å²) in [6.07, 6.45) is 1.71. The molecule has 4 rings (SSSR count). The Balaban J connectivity index is 1.77. The molecule has 2 unspecified atom stereocenters. The molecular weight excluding hydrogens is 418 g/mol. The quantitative estimate of drug-likeness (QED) is 0.385. The number of benzene rings is 2. The lowest BCUT2D eigenvalue weighted by Gasteiger charge is -2.26. The van der Waals surface area contributed by atoms with Gasteiger partial charge >= 0.3 is 0 Å². The summed E-state index contributed by atoms with van der Waals surface area (Å²) in [6.45, 7) is 8.48. The molecule has 0 spiro atoms. The first-order chi connectivity index (χ1) is 15.8. The highest BCUT2D eigenvalue weighted by Crippen LogP contribution is 2.40. The van der Waals surface area contributed by atoms with Crippen LogP contribution in [-0.4, -0.2) is 47.1 Å². The van der Waals surface area contributed by atoms with Crippen LogP contribution in [0.5, 0.6) is 5.75 Å². The molecule has 1 amide bonds. The monoisotopic (exact) mass is 449 g/mol. The van der Waals surface area contributed by atoms with Crippen molar-refractivity contribution < 1.29 is 24.2 Å². The van der Waals surface area contributed by atoms with Gasteiger partial charge in [-0.2, -0.15) is 0 Å². The van der Waals surface area contributed by atoms with Gasteiger partial charge < -0.3 is 19.5 Å². The fraction of sp³-hybridized carbons (Fsp3) is 0.407. The van der Waals surface area contributed by atoms with E-state index in [9.17, 15) is 14.7 Å². The second-order valence-electron chi connectivity index (χ2n) is 8.96. The Morgan fingerprint density at radius 2 is 1.91 bits per heavy atom. The van der Waals surface area contributed by atoms with Crippen LogP contribution in [0.2, 0.25) is 0 Å². The first kappa shape index (κ1) is 23.1. The van der Waals surface area contributed by atoms with Gasteiger partial charge in [0.05, 0.1) is 24.3 Å². The molecule has 2 aromatic carbocycles. The molecule has 33 heavy (non-hydrogen) atoms. The van der Waals surface area contributed by atoms with Crippen molar-refractivity contribution in [3.63, 3.8) is 0 Å². The molecule has 0 aromatic heterocycles. The lowest BCUT2D eigenvalue weighted by Crippen LogP contribution is -2.33. The van der Waals surface area contributed by atoms with E-state index in [0.717, 1.165) is 35.3 Å². The van der Waals surface area contributed by atoms with Gasteiger partial charge in [-0.1, -0.05) is 31.2 Å². The van der Waals surface area contributed by atoms with E-state index in [1.807, 2.05) is 57.2 Å². The summed E-state index contributed by atoms with van der Waals surface area (Å²) in [7, 11) is 0. The Kier molecular flexibility index (Phi) is 6.56. The standard InChI is InChI=1S/C27H31NO5/c1-5-18-6-8-19(9-7-18)24-23(26(30)27(31)28(24)12-13-32-16(2)3)25(29)20-10-11-22-21(15-20)14-17(4)33-22/h6-11,15-17,24,29H,5,12-14H2,1-4H3/b25-23-. The van der Waals surface area contributed by atoms with Gasteiger partial charge in [0.2, 0.25) is 0 Å². The van der Waals surface area contributed by atoms with Gasteiger partial charge in [-0.25, -0.2) is 0 Å². The molecule has 2 aliphatic rings. The Morgan fingerprint density at radius 1 is 1.18 bits per heavy atom. The maximum absolute atomic E-state index is 13.1. The predicted octanol–water partition coefficient (Wildman–Crippen LogP) is 4.42. The highest BCUT2D eigenvalue weighted by Gasteiger charge is 2.46. The van der Waals surface area contributed by atoms with E-state index in [4.69, 9.17) is 9.47 Å². The summed E-state index contributed by atoms with van der Waals surface area (Å²) < 4.78 is 11.4. The number of fused-ring (bicyclic) bond motifs is 1. The normalized spacial score (nSPS) is 21.5. The molecule has 2 aromatic rings. The first-order valence-electron chi connectivity index (χ1n) is 11.6. The molecule has 0 radical (unpaired) electrons. The molecular formula is C27H31NO5. The Morgan fingerprint density at radius 3 is 2.58 bits per heavy atom. The second kappa shape index (κ2) is 9.40. The molecule has 1 saturated heterocycles. The molecule has 0 bridgehead atoms. The number of carbonyl (C=O) groups excluding carboxylic acids is 2. The van der Waals surface area contributed by atoms with Gasteiger partial charge in [-0.05, 0) is 62.1 Å². The maximum Gasteiger partial charge on any atom is 0.295 e. The number of aliphatic hydroxyl groups excluding tert-OH is 1. The maximum atomic E-state index is 13.1. The van der Waals surface area contributed by atoms with Gasteiger partial charge in [-0.3, -0.25) is 9.59 Å². The summed E-state index contributed by atoms with van der Waals surface area (Å²) in [6, 6.07) is 12.6. The van der Waals surface area contributed by atoms with Crippen molar-refractivity contribution in [2.75, 3.05) is 13.2 Å². The molecule has 2 atom stereocenters. The van der Waals surface area contributed by atoms with Crippen molar-refractivity contribution in [3.8, 4) is 5.75 Å². The van der Waals surface area contributed by atoms with Crippen LogP contribution in [0.25, 0.3) is 5.76 Å². The summed E-state index contributed by atoms with van der Waals surface area (Å²) in [5, 5.41) is 11.3. The lowest BCUT2D eigenvalue weighted by molar-refractivity contribution is -0.140. The SMILES string of the molecule is CCc1ccc(C2/C(=C(/O)c3ccc4c(c3)CC(C)O4)C(=O)C(=O)N2CCOC(C)C)cc1. The first-order valence-corrected chi connectivity index (χ1v) is 11.6. The predicted molar refractivity (Wildman–Crippen MR) is 126 cm³/mol. The smallest absolute Gasteiger partial charge is 0.295 e. The number of nitrogens with zero attached hydrogens (tertiary/aromatic N) is 1. The third-order valence-corrected chi connectivity index (χ3v) is 6.20. The van der Waals surface area contributed by atoms with Crippen LogP contribution < -0.4 is 4.74 Å². The Labute approximate surface area is 194 Å². The molecule has 0 aliphatic carbocycles. The minimum atomic E-state index is -0.674. The molecule has 2 heterocycles.